The van der Waals surface area contributed by atoms with Gasteiger partial charge in [-0.3, -0.25) is 4.79 Å². The molecule has 0 aliphatic rings. The summed E-state index contributed by atoms with van der Waals surface area (Å²) in [5.74, 6) is -0.276. The molecule has 1 aromatic heterocycles. The van der Waals surface area contributed by atoms with Gasteiger partial charge >= 0.3 is 6.55 Å². The lowest BCUT2D eigenvalue weighted by Gasteiger charge is -2.29. The van der Waals surface area contributed by atoms with E-state index in [9.17, 15) is 18.7 Å². The number of aromatic nitrogens is 2. The molecule has 1 rings (SSSR count). The van der Waals surface area contributed by atoms with Gasteiger partial charge in [-0.25, -0.2) is 4.68 Å². The summed E-state index contributed by atoms with van der Waals surface area (Å²) in [7, 11) is 0. The minimum atomic E-state index is -2.72. The van der Waals surface area contributed by atoms with Crippen molar-refractivity contribution in [3.63, 3.8) is 0 Å². The molecule has 1 heterocycles. The molecule has 1 amide bonds. The lowest BCUT2D eigenvalue weighted by Crippen LogP contribution is -2.45. The Morgan fingerprint density at radius 1 is 1.45 bits per heavy atom. The van der Waals surface area contributed by atoms with Gasteiger partial charge in [0.15, 0.2) is 0 Å². The first-order valence-corrected chi connectivity index (χ1v) is 7.42. The van der Waals surface area contributed by atoms with Crippen LogP contribution in [0, 0.1) is 19.8 Å². The Kier molecular flexibility index (Phi) is 6.05. The Hall–Kier alpha value is -1.50. The summed E-state index contributed by atoms with van der Waals surface area (Å²) in [6, 6.07) is 0. The van der Waals surface area contributed by atoms with Gasteiger partial charge < -0.3 is 10.4 Å². The molecule has 0 saturated heterocycles. The highest BCUT2D eigenvalue weighted by molar-refractivity contribution is 5.79. The predicted molar refractivity (Wildman–Crippen MR) is 79.7 cm³/mol. The zero-order chi connectivity index (χ0) is 17.1. The molecular formula is C15H25F2N3O2. The molecule has 2 N–H and O–H groups in total. The van der Waals surface area contributed by atoms with Gasteiger partial charge in [-0.05, 0) is 26.7 Å². The molecule has 1 aromatic rings. The van der Waals surface area contributed by atoms with E-state index in [-0.39, 0.29) is 30.5 Å². The molecule has 7 heteroatoms. The highest BCUT2D eigenvalue weighted by Crippen LogP contribution is 2.21. The summed E-state index contributed by atoms with van der Waals surface area (Å²) in [5, 5.41) is 16.7. The van der Waals surface area contributed by atoms with Gasteiger partial charge in [-0.1, -0.05) is 20.3 Å². The van der Waals surface area contributed by atoms with Crippen LogP contribution in [0.1, 0.15) is 50.7 Å². The van der Waals surface area contributed by atoms with Crippen LogP contribution in [0.4, 0.5) is 8.78 Å². The summed E-state index contributed by atoms with van der Waals surface area (Å²) in [5.41, 5.74) is 0.209. The lowest BCUT2D eigenvalue weighted by molar-refractivity contribution is -0.122. The van der Waals surface area contributed by atoms with E-state index < -0.39 is 12.2 Å². The van der Waals surface area contributed by atoms with Gasteiger partial charge in [0.05, 0.1) is 17.7 Å². The fourth-order valence-corrected chi connectivity index (χ4v) is 2.26. The molecule has 0 aliphatic heterocycles. The maximum atomic E-state index is 12.8. The Balaban J connectivity index is 2.71. The lowest BCUT2D eigenvalue weighted by atomic mass is 9.88. The van der Waals surface area contributed by atoms with E-state index in [0.717, 1.165) is 6.42 Å². The molecule has 0 aromatic carbocycles. The van der Waals surface area contributed by atoms with E-state index in [4.69, 9.17) is 0 Å². The number of nitrogens with one attached hydrogen (secondary N) is 1. The van der Waals surface area contributed by atoms with Crippen molar-refractivity contribution in [2.75, 3.05) is 6.54 Å². The third kappa shape index (κ3) is 4.25. The number of rotatable bonds is 7. The fraction of sp³-hybridized carbons (Fsp3) is 0.733. The summed E-state index contributed by atoms with van der Waals surface area (Å²) in [6.45, 7) is 6.07. The first-order valence-electron chi connectivity index (χ1n) is 7.42. The predicted octanol–water partition coefficient (Wildman–Crippen LogP) is 2.35. The third-order valence-electron chi connectivity index (χ3n) is 4.31. The molecule has 0 radical (unpaired) electrons. The highest BCUT2D eigenvalue weighted by Gasteiger charge is 2.28. The molecule has 0 fully saturated rings. The normalized spacial score (nSPS) is 15.7. The highest BCUT2D eigenvalue weighted by atomic mass is 19.3. The molecular weight excluding hydrogens is 292 g/mol. The van der Waals surface area contributed by atoms with Crippen molar-refractivity contribution in [1.82, 2.24) is 15.1 Å². The molecule has 0 aliphatic carbocycles. The van der Waals surface area contributed by atoms with Crippen LogP contribution in [0.3, 0.4) is 0 Å². The molecule has 0 saturated carbocycles. The second-order valence-electron chi connectivity index (χ2n) is 5.99. The number of carbonyl (C=O) groups excluding carboxylic acids is 1. The Bertz CT molecular complexity index is 527. The van der Waals surface area contributed by atoms with E-state index >= 15 is 0 Å². The van der Waals surface area contributed by atoms with Crippen molar-refractivity contribution in [2.24, 2.45) is 5.92 Å². The van der Waals surface area contributed by atoms with Crippen molar-refractivity contribution in [1.29, 1.82) is 0 Å². The first kappa shape index (κ1) is 18.5. The van der Waals surface area contributed by atoms with Crippen LogP contribution < -0.4 is 5.32 Å². The van der Waals surface area contributed by atoms with Crippen LogP contribution in [0.2, 0.25) is 0 Å². The average molecular weight is 317 g/mol. The smallest absolute Gasteiger partial charge is 0.333 e. The van der Waals surface area contributed by atoms with Gasteiger partial charge in [-0.2, -0.15) is 13.9 Å². The standard InChI is InChI=1S/C15H25F2N3O2/c1-6-9(2)15(5,22)8-18-13(21)7-12-10(3)19-20(11(12)4)14(16)17/h9,14,22H,6-8H2,1-5H3,(H,18,21)/t9-,15+/m0/s1. The number of halogens is 2. The van der Waals surface area contributed by atoms with Crippen molar-refractivity contribution < 1.29 is 18.7 Å². The van der Waals surface area contributed by atoms with Crippen molar-refractivity contribution in [3.05, 3.63) is 17.0 Å². The van der Waals surface area contributed by atoms with Gasteiger partial charge in [0.2, 0.25) is 5.91 Å². The largest absolute Gasteiger partial charge is 0.388 e. The number of nitrogens with zero attached hydrogens (tertiary/aromatic N) is 2. The maximum Gasteiger partial charge on any atom is 0.333 e. The fourth-order valence-electron chi connectivity index (χ4n) is 2.26. The monoisotopic (exact) mass is 317 g/mol. The number of amides is 1. The number of aryl methyl sites for hydroxylation is 1. The quantitative estimate of drug-likeness (QED) is 0.811. The van der Waals surface area contributed by atoms with Crippen molar-refractivity contribution in [2.45, 2.75) is 59.6 Å². The van der Waals surface area contributed by atoms with Crippen molar-refractivity contribution in [3.8, 4) is 0 Å². The van der Waals surface area contributed by atoms with Crippen LogP contribution >= 0.6 is 0 Å². The third-order valence-corrected chi connectivity index (χ3v) is 4.31. The Morgan fingerprint density at radius 3 is 2.50 bits per heavy atom. The number of aliphatic hydroxyl groups is 1. The molecule has 0 unspecified atom stereocenters. The molecule has 22 heavy (non-hydrogen) atoms. The van der Waals surface area contributed by atoms with Gasteiger partial charge in [-0.15, -0.1) is 0 Å². The van der Waals surface area contributed by atoms with Gasteiger partial charge in [0, 0.05) is 17.8 Å². The topological polar surface area (TPSA) is 67.2 Å². The summed E-state index contributed by atoms with van der Waals surface area (Å²) < 4.78 is 26.1. The van der Waals surface area contributed by atoms with E-state index in [2.05, 4.69) is 10.4 Å². The van der Waals surface area contributed by atoms with E-state index in [0.29, 0.717) is 15.9 Å². The number of alkyl halides is 2. The van der Waals surface area contributed by atoms with Crippen LogP contribution in [0.25, 0.3) is 0 Å². The summed E-state index contributed by atoms with van der Waals surface area (Å²) >= 11 is 0. The van der Waals surface area contributed by atoms with Crippen molar-refractivity contribution >= 4 is 5.91 Å². The average Bonchev–Trinajstić information content (AvgIpc) is 2.72. The van der Waals surface area contributed by atoms with Crippen LogP contribution in [0.5, 0.6) is 0 Å². The van der Waals surface area contributed by atoms with Crippen LogP contribution in [0.15, 0.2) is 0 Å². The second kappa shape index (κ2) is 7.17. The van der Waals surface area contributed by atoms with E-state index in [1.54, 1.807) is 13.8 Å². The number of hydrogen-bond donors (Lipinski definition) is 2. The minimum absolute atomic E-state index is 0.0268. The molecule has 0 spiro atoms. The van der Waals surface area contributed by atoms with Crippen LogP contribution in [-0.2, 0) is 11.2 Å². The zero-order valence-corrected chi connectivity index (χ0v) is 13.8. The minimum Gasteiger partial charge on any atom is -0.388 e. The van der Waals surface area contributed by atoms with E-state index in [1.165, 1.54) is 6.92 Å². The Morgan fingerprint density at radius 2 is 2.05 bits per heavy atom. The number of carbonyl (C=O) groups is 1. The first-order chi connectivity index (χ1) is 10.1. The second-order valence-corrected chi connectivity index (χ2v) is 5.99. The SMILES string of the molecule is CC[C@H](C)[C@](C)(O)CNC(=O)Cc1c(C)nn(C(F)F)c1C. The molecule has 5 nitrogen and oxygen atoms in total. The summed E-state index contributed by atoms with van der Waals surface area (Å²) in [6.07, 6.45) is 0.767. The van der Waals surface area contributed by atoms with E-state index in [1.807, 2.05) is 13.8 Å². The Labute approximate surface area is 129 Å². The number of hydrogen-bond acceptors (Lipinski definition) is 3. The maximum absolute atomic E-state index is 12.8. The van der Waals surface area contributed by atoms with Gasteiger partial charge in [0.25, 0.3) is 0 Å². The molecule has 0 bridgehead atoms. The molecule has 2 atom stereocenters. The summed E-state index contributed by atoms with van der Waals surface area (Å²) in [4.78, 5) is 12.0. The van der Waals surface area contributed by atoms with Crippen LogP contribution in [-0.4, -0.2) is 32.9 Å². The molecule has 126 valence electrons. The van der Waals surface area contributed by atoms with Gasteiger partial charge in [0.1, 0.15) is 0 Å². The zero-order valence-electron chi connectivity index (χ0n) is 13.8.